The number of urea groups is 1. The van der Waals surface area contributed by atoms with Gasteiger partial charge in [0.05, 0.1) is 18.5 Å². The highest BCUT2D eigenvalue weighted by molar-refractivity contribution is 6.00. The van der Waals surface area contributed by atoms with Crippen molar-refractivity contribution in [1.82, 2.24) is 14.8 Å². The fourth-order valence-electron chi connectivity index (χ4n) is 3.34. The van der Waals surface area contributed by atoms with Crippen molar-refractivity contribution in [3.8, 4) is 0 Å². The number of nitrogens with one attached hydrogen (secondary N) is 2. The molecule has 3 amide bonds. The molecule has 2 N–H and O–H groups in total. The molecule has 2 heterocycles. The van der Waals surface area contributed by atoms with Crippen LogP contribution in [0.15, 0.2) is 36.5 Å². The number of benzene rings is 1. The first-order chi connectivity index (χ1) is 15.3. The lowest BCUT2D eigenvalue weighted by atomic mass is 10.1. The summed E-state index contributed by atoms with van der Waals surface area (Å²) in [6.45, 7) is 6.36. The molecule has 170 valence electrons. The second-order valence-corrected chi connectivity index (χ2v) is 7.38. The first kappa shape index (κ1) is 23.1. The number of nitrogens with zero attached hydrogens (tertiary/aromatic N) is 3. The molecule has 2 aromatic rings. The van der Waals surface area contributed by atoms with Crippen LogP contribution in [0.4, 0.5) is 25.4 Å². The van der Waals surface area contributed by atoms with E-state index < -0.39 is 11.8 Å². The molecule has 3 rings (SSSR count). The van der Waals surface area contributed by atoms with Crippen LogP contribution in [0.5, 0.6) is 0 Å². The molecule has 0 spiro atoms. The molecule has 1 aliphatic heterocycles. The highest BCUT2D eigenvalue weighted by Gasteiger charge is 2.22. The number of pyridine rings is 1. The zero-order valence-corrected chi connectivity index (χ0v) is 18.1. The summed E-state index contributed by atoms with van der Waals surface area (Å²) in [5, 5.41) is 5.21. The van der Waals surface area contributed by atoms with E-state index in [0.717, 1.165) is 0 Å². The van der Waals surface area contributed by atoms with Crippen molar-refractivity contribution in [1.29, 1.82) is 0 Å². The minimum atomic E-state index is -0.554. The first-order valence-electron chi connectivity index (χ1n) is 10.3. The Morgan fingerprint density at radius 2 is 1.78 bits per heavy atom. The molecule has 0 unspecified atom stereocenters. The largest absolute Gasteiger partial charge is 0.450 e. The molecule has 1 saturated heterocycles. The zero-order valence-electron chi connectivity index (χ0n) is 18.1. The van der Waals surface area contributed by atoms with Gasteiger partial charge in [0.2, 0.25) is 0 Å². The number of amides is 3. The topological polar surface area (TPSA) is 104 Å². The van der Waals surface area contributed by atoms with Gasteiger partial charge in [0.15, 0.2) is 5.78 Å². The highest BCUT2D eigenvalue weighted by Crippen LogP contribution is 2.18. The van der Waals surface area contributed by atoms with E-state index in [2.05, 4.69) is 20.5 Å². The van der Waals surface area contributed by atoms with Gasteiger partial charge in [0, 0.05) is 45.3 Å². The van der Waals surface area contributed by atoms with Crippen molar-refractivity contribution >= 4 is 29.3 Å². The van der Waals surface area contributed by atoms with Crippen molar-refractivity contribution in [2.75, 3.05) is 43.4 Å². The van der Waals surface area contributed by atoms with Gasteiger partial charge in [0.25, 0.3) is 0 Å². The number of aromatic nitrogens is 1. The maximum Gasteiger partial charge on any atom is 0.409 e. The smallest absolute Gasteiger partial charge is 0.409 e. The van der Waals surface area contributed by atoms with Crippen LogP contribution >= 0.6 is 0 Å². The van der Waals surface area contributed by atoms with E-state index in [9.17, 15) is 18.8 Å². The number of carbonyl (C=O) groups is 3. The predicted octanol–water partition coefficient (Wildman–Crippen LogP) is 3.34. The van der Waals surface area contributed by atoms with Gasteiger partial charge in [0.1, 0.15) is 11.5 Å². The van der Waals surface area contributed by atoms with Gasteiger partial charge in [-0.25, -0.2) is 14.0 Å². The van der Waals surface area contributed by atoms with Crippen molar-refractivity contribution < 1.29 is 23.5 Å². The number of hydrogen-bond donors (Lipinski definition) is 2. The molecule has 1 aromatic heterocycles. The Labute approximate surface area is 185 Å². The lowest BCUT2D eigenvalue weighted by molar-refractivity contribution is 0.0778. The molecule has 10 heteroatoms. The van der Waals surface area contributed by atoms with Crippen molar-refractivity contribution in [3.63, 3.8) is 0 Å². The Morgan fingerprint density at radius 3 is 2.41 bits per heavy atom. The summed E-state index contributed by atoms with van der Waals surface area (Å²) < 4.78 is 19.1. The Hall–Kier alpha value is -3.53. The standard InChI is InChI=1S/C22H26FN5O4/c1-3-32-22(31)28-8-6-27(7-9-28)14-16-10-17(23)12-19(11-16)26-21(30)25-18-4-5-20(15(2)29)24-13-18/h4-5,10-13H,3,6-9,14H2,1-2H3,(H2,25,26,30). The number of ether oxygens (including phenoxy) is 1. The molecule has 0 bridgehead atoms. The minimum absolute atomic E-state index is 0.171. The van der Waals surface area contributed by atoms with Crippen LogP contribution in [0.2, 0.25) is 0 Å². The van der Waals surface area contributed by atoms with Crippen LogP contribution in [-0.4, -0.2) is 65.5 Å². The molecule has 0 aliphatic carbocycles. The van der Waals surface area contributed by atoms with E-state index in [4.69, 9.17) is 4.74 Å². The average Bonchev–Trinajstić information content (AvgIpc) is 2.74. The average molecular weight is 443 g/mol. The minimum Gasteiger partial charge on any atom is -0.450 e. The van der Waals surface area contributed by atoms with Crippen molar-refractivity contribution in [2.24, 2.45) is 0 Å². The summed E-state index contributed by atoms with van der Waals surface area (Å²) in [6, 6.07) is 6.89. The number of Topliss-reactive ketones (excluding diaryl/α,β-unsaturated/α-hetero) is 1. The maximum absolute atomic E-state index is 14.1. The number of piperazine rings is 1. The van der Waals surface area contributed by atoms with Gasteiger partial charge in [-0.05, 0) is 42.8 Å². The lowest BCUT2D eigenvalue weighted by Crippen LogP contribution is -2.48. The molecule has 1 fully saturated rings. The number of hydrogen-bond acceptors (Lipinski definition) is 6. The van der Waals surface area contributed by atoms with E-state index >= 15 is 0 Å². The fourth-order valence-corrected chi connectivity index (χ4v) is 3.34. The number of anilines is 2. The second kappa shape index (κ2) is 10.7. The Kier molecular flexibility index (Phi) is 7.72. The third-order valence-corrected chi connectivity index (χ3v) is 4.90. The van der Waals surface area contributed by atoms with Crippen LogP contribution in [0.25, 0.3) is 0 Å². The Balaban J connectivity index is 1.55. The molecular formula is C22H26FN5O4. The van der Waals surface area contributed by atoms with E-state index in [0.29, 0.717) is 62.0 Å². The third kappa shape index (κ3) is 6.48. The van der Waals surface area contributed by atoms with Crippen LogP contribution in [-0.2, 0) is 11.3 Å². The van der Waals surface area contributed by atoms with E-state index in [-0.39, 0.29) is 11.9 Å². The van der Waals surface area contributed by atoms with Gasteiger partial charge in [-0.2, -0.15) is 0 Å². The number of halogens is 1. The lowest BCUT2D eigenvalue weighted by Gasteiger charge is -2.34. The summed E-state index contributed by atoms with van der Waals surface area (Å²) in [7, 11) is 0. The molecule has 0 atom stereocenters. The van der Waals surface area contributed by atoms with Crippen LogP contribution in [0.1, 0.15) is 29.9 Å². The second-order valence-electron chi connectivity index (χ2n) is 7.38. The highest BCUT2D eigenvalue weighted by atomic mass is 19.1. The van der Waals surface area contributed by atoms with Crippen molar-refractivity contribution in [3.05, 3.63) is 53.6 Å². The van der Waals surface area contributed by atoms with E-state index in [1.807, 2.05) is 0 Å². The summed E-state index contributed by atoms with van der Waals surface area (Å²) >= 11 is 0. The number of rotatable bonds is 6. The maximum atomic E-state index is 14.1. The van der Waals surface area contributed by atoms with Crippen LogP contribution in [0, 0.1) is 5.82 Å². The Bertz CT molecular complexity index is 975. The third-order valence-electron chi connectivity index (χ3n) is 4.90. The molecular weight excluding hydrogens is 417 g/mol. The molecule has 1 aromatic carbocycles. The van der Waals surface area contributed by atoms with E-state index in [1.54, 1.807) is 24.0 Å². The number of carbonyl (C=O) groups excluding carboxylic acids is 3. The zero-order chi connectivity index (χ0) is 23.1. The summed E-state index contributed by atoms with van der Waals surface area (Å²) in [4.78, 5) is 43.1. The van der Waals surface area contributed by atoms with Gasteiger partial charge < -0.3 is 20.3 Å². The van der Waals surface area contributed by atoms with Crippen LogP contribution in [0.3, 0.4) is 0 Å². The monoisotopic (exact) mass is 443 g/mol. The molecule has 0 radical (unpaired) electrons. The van der Waals surface area contributed by atoms with Gasteiger partial charge in [-0.1, -0.05) is 0 Å². The van der Waals surface area contributed by atoms with Crippen molar-refractivity contribution in [2.45, 2.75) is 20.4 Å². The first-order valence-corrected chi connectivity index (χ1v) is 10.3. The summed E-state index contributed by atoms with van der Waals surface area (Å²) in [6.07, 6.45) is 1.06. The number of ketones is 1. The summed E-state index contributed by atoms with van der Waals surface area (Å²) in [5.41, 5.74) is 1.73. The summed E-state index contributed by atoms with van der Waals surface area (Å²) in [5.74, 6) is -0.633. The molecule has 9 nitrogen and oxygen atoms in total. The SMILES string of the molecule is CCOC(=O)N1CCN(Cc2cc(F)cc(NC(=O)Nc3ccc(C(C)=O)nc3)c2)CC1. The normalized spacial score (nSPS) is 14.0. The Morgan fingerprint density at radius 1 is 1.06 bits per heavy atom. The van der Waals surface area contributed by atoms with Crippen LogP contribution < -0.4 is 10.6 Å². The van der Waals surface area contributed by atoms with Gasteiger partial charge in [-0.3, -0.25) is 14.7 Å². The van der Waals surface area contributed by atoms with Gasteiger partial charge in [-0.15, -0.1) is 0 Å². The fraction of sp³-hybridized carbons (Fsp3) is 0.364. The van der Waals surface area contributed by atoms with Gasteiger partial charge >= 0.3 is 12.1 Å². The molecule has 32 heavy (non-hydrogen) atoms. The predicted molar refractivity (Wildman–Crippen MR) is 117 cm³/mol. The molecule has 1 aliphatic rings. The quantitative estimate of drug-likeness (QED) is 0.664. The molecule has 0 saturated carbocycles. The van der Waals surface area contributed by atoms with E-state index in [1.165, 1.54) is 31.3 Å².